The highest BCUT2D eigenvalue weighted by molar-refractivity contribution is 5.15. The fourth-order valence-corrected chi connectivity index (χ4v) is 2.23. The van der Waals surface area contributed by atoms with E-state index in [9.17, 15) is 0 Å². The van der Waals surface area contributed by atoms with Gasteiger partial charge < -0.3 is 14.2 Å². The minimum Gasteiger partial charge on any atom is -0.370 e. The summed E-state index contributed by atoms with van der Waals surface area (Å²) in [6, 6.07) is 0. The lowest BCUT2D eigenvalue weighted by molar-refractivity contribution is -0.179. The predicted octanol–water partition coefficient (Wildman–Crippen LogP) is 2.20. The summed E-state index contributed by atoms with van der Waals surface area (Å²) in [7, 11) is 1.62. The Morgan fingerprint density at radius 1 is 1.50 bits per heavy atom. The van der Waals surface area contributed by atoms with Crippen LogP contribution in [0.5, 0.6) is 0 Å². The second-order valence-electron chi connectivity index (χ2n) is 4.55. The van der Waals surface area contributed by atoms with Crippen LogP contribution in [0.25, 0.3) is 0 Å². The molecule has 0 saturated carbocycles. The van der Waals surface area contributed by atoms with Gasteiger partial charge in [-0.15, -0.1) is 6.42 Å². The number of methoxy groups -OCH3 is 1. The van der Waals surface area contributed by atoms with Gasteiger partial charge in [0.05, 0.1) is 6.10 Å². The van der Waals surface area contributed by atoms with Gasteiger partial charge in [-0.05, 0) is 20.3 Å². The summed E-state index contributed by atoms with van der Waals surface area (Å²) >= 11 is 0. The van der Waals surface area contributed by atoms with E-state index in [2.05, 4.69) is 12.8 Å². The molecule has 1 aliphatic heterocycles. The van der Waals surface area contributed by atoms with Crippen LogP contribution in [0.2, 0.25) is 0 Å². The van der Waals surface area contributed by atoms with Crippen LogP contribution in [0.3, 0.4) is 0 Å². The van der Waals surface area contributed by atoms with Crippen LogP contribution in [0.15, 0.2) is 0 Å². The molecule has 0 spiro atoms. The Hall–Kier alpha value is -0.560. The third-order valence-corrected chi connectivity index (χ3v) is 3.25. The average molecular weight is 226 g/mol. The smallest absolute Gasteiger partial charge is 0.185 e. The third-order valence-electron chi connectivity index (χ3n) is 3.25. The molecule has 3 nitrogen and oxygen atoms in total. The number of rotatable bonds is 4. The molecular formula is C13H22O3. The quantitative estimate of drug-likeness (QED) is 0.688. The van der Waals surface area contributed by atoms with Crippen molar-refractivity contribution < 1.29 is 14.2 Å². The van der Waals surface area contributed by atoms with Gasteiger partial charge in [-0.1, -0.05) is 19.8 Å². The molecule has 92 valence electrons. The Labute approximate surface area is 98.5 Å². The van der Waals surface area contributed by atoms with Gasteiger partial charge >= 0.3 is 0 Å². The van der Waals surface area contributed by atoms with E-state index < -0.39 is 5.60 Å². The Balaban J connectivity index is 2.89. The van der Waals surface area contributed by atoms with Gasteiger partial charge in [0.15, 0.2) is 6.29 Å². The monoisotopic (exact) mass is 226 g/mol. The molecule has 0 bridgehead atoms. The summed E-state index contributed by atoms with van der Waals surface area (Å²) in [6.07, 6.45) is 6.03. The van der Waals surface area contributed by atoms with Crippen molar-refractivity contribution in [3.05, 3.63) is 0 Å². The highest BCUT2D eigenvalue weighted by Gasteiger charge is 2.52. The third kappa shape index (κ3) is 2.24. The van der Waals surface area contributed by atoms with Crippen molar-refractivity contribution in [3.63, 3.8) is 0 Å². The molecule has 1 rings (SSSR count). The lowest BCUT2D eigenvalue weighted by Crippen LogP contribution is -2.36. The van der Waals surface area contributed by atoms with Crippen molar-refractivity contribution in [2.75, 3.05) is 7.11 Å². The SMILES string of the molecule is C#CC1(CC)OC(OC)C(OC(C)C)C1C. The first kappa shape index (κ1) is 13.5. The first-order valence-corrected chi connectivity index (χ1v) is 5.84. The fourth-order valence-electron chi connectivity index (χ4n) is 2.23. The molecule has 1 fully saturated rings. The maximum atomic E-state index is 5.84. The van der Waals surface area contributed by atoms with Gasteiger partial charge in [0.25, 0.3) is 0 Å². The summed E-state index contributed by atoms with van der Waals surface area (Å²) in [4.78, 5) is 0. The Morgan fingerprint density at radius 2 is 2.12 bits per heavy atom. The second-order valence-corrected chi connectivity index (χ2v) is 4.55. The maximum Gasteiger partial charge on any atom is 0.185 e. The minimum atomic E-state index is -0.555. The molecule has 1 aliphatic rings. The van der Waals surface area contributed by atoms with Crippen molar-refractivity contribution in [2.24, 2.45) is 5.92 Å². The zero-order chi connectivity index (χ0) is 12.3. The average Bonchev–Trinajstić information content (AvgIpc) is 2.53. The molecule has 4 atom stereocenters. The topological polar surface area (TPSA) is 27.7 Å². The second kappa shape index (κ2) is 5.18. The summed E-state index contributed by atoms with van der Waals surface area (Å²) in [5.41, 5.74) is -0.555. The van der Waals surface area contributed by atoms with E-state index in [1.807, 2.05) is 20.8 Å². The van der Waals surface area contributed by atoms with Crippen molar-refractivity contribution in [1.82, 2.24) is 0 Å². The Morgan fingerprint density at radius 3 is 2.50 bits per heavy atom. The normalized spacial score (nSPS) is 38.9. The molecule has 4 unspecified atom stereocenters. The first-order valence-electron chi connectivity index (χ1n) is 5.84. The van der Waals surface area contributed by atoms with Gasteiger partial charge in [0, 0.05) is 13.0 Å². The first-order chi connectivity index (χ1) is 7.50. The molecule has 3 heteroatoms. The van der Waals surface area contributed by atoms with E-state index in [1.54, 1.807) is 7.11 Å². The summed E-state index contributed by atoms with van der Waals surface area (Å²) < 4.78 is 17.0. The van der Waals surface area contributed by atoms with E-state index >= 15 is 0 Å². The number of terminal acetylenes is 1. The van der Waals surface area contributed by atoms with Crippen LogP contribution in [0, 0.1) is 18.3 Å². The van der Waals surface area contributed by atoms with Crippen LogP contribution in [0.4, 0.5) is 0 Å². The largest absolute Gasteiger partial charge is 0.370 e. The molecule has 0 radical (unpaired) electrons. The molecule has 1 heterocycles. The van der Waals surface area contributed by atoms with Crippen molar-refractivity contribution in [2.45, 2.75) is 58.2 Å². The predicted molar refractivity (Wildman–Crippen MR) is 62.9 cm³/mol. The van der Waals surface area contributed by atoms with E-state index in [1.165, 1.54) is 0 Å². The molecule has 0 N–H and O–H groups in total. The molecule has 1 saturated heterocycles. The van der Waals surface area contributed by atoms with Gasteiger partial charge in [0.2, 0.25) is 0 Å². The summed E-state index contributed by atoms with van der Waals surface area (Å²) in [6.45, 7) is 8.10. The number of ether oxygens (including phenoxy) is 3. The van der Waals surface area contributed by atoms with Crippen LogP contribution >= 0.6 is 0 Å². The molecular weight excluding hydrogens is 204 g/mol. The molecule has 0 aliphatic carbocycles. The zero-order valence-electron chi connectivity index (χ0n) is 10.8. The van der Waals surface area contributed by atoms with Gasteiger partial charge in [0.1, 0.15) is 11.7 Å². The summed E-state index contributed by atoms with van der Waals surface area (Å²) in [5.74, 6) is 2.90. The fraction of sp³-hybridized carbons (Fsp3) is 0.846. The van der Waals surface area contributed by atoms with Crippen molar-refractivity contribution in [3.8, 4) is 12.3 Å². The van der Waals surface area contributed by atoms with Gasteiger partial charge in [-0.25, -0.2) is 0 Å². The molecule has 16 heavy (non-hydrogen) atoms. The molecule has 0 aromatic carbocycles. The van der Waals surface area contributed by atoms with Crippen molar-refractivity contribution in [1.29, 1.82) is 0 Å². The number of hydrogen-bond donors (Lipinski definition) is 0. The van der Waals surface area contributed by atoms with Crippen LogP contribution in [-0.4, -0.2) is 31.2 Å². The lowest BCUT2D eigenvalue weighted by atomic mass is 9.85. The highest BCUT2D eigenvalue weighted by atomic mass is 16.7. The van der Waals surface area contributed by atoms with E-state index in [0.29, 0.717) is 0 Å². The summed E-state index contributed by atoms with van der Waals surface area (Å²) in [5, 5.41) is 0. The van der Waals surface area contributed by atoms with E-state index in [-0.39, 0.29) is 24.4 Å². The standard InChI is InChI=1S/C13H22O3/c1-7-13(8-2)10(5)11(15-9(3)4)12(14-6)16-13/h1,9-12H,8H2,2-6H3. The Kier molecular flexibility index (Phi) is 4.37. The van der Waals surface area contributed by atoms with Gasteiger partial charge in [-0.2, -0.15) is 0 Å². The lowest BCUT2D eigenvalue weighted by Gasteiger charge is -2.27. The Bertz CT molecular complexity index is 269. The zero-order valence-corrected chi connectivity index (χ0v) is 10.8. The van der Waals surface area contributed by atoms with E-state index in [4.69, 9.17) is 20.6 Å². The van der Waals surface area contributed by atoms with Crippen LogP contribution in [-0.2, 0) is 14.2 Å². The highest BCUT2D eigenvalue weighted by Crippen LogP contribution is 2.40. The van der Waals surface area contributed by atoms with Crippen LogP contribution in [0.1, 0.15) is 34.1 Å². The van der Waals surface area contributed by atoms with Crippen molar-refractivity contribution >= 4 is 0 Å². The molecule has 0 aromatic rings. The maximum absolute atomic E-state index is 5.84. The molecule has 0 aromatic heterocycles. The van der Waals surface area contributed by atoms with Gasteiger partial charge in [-0.3, -0.25) is 0 Å². The van der Waals surface area contributed by atoms with Crippen LogP contribution < -0.4 is 0 Å². The molecule has 0 amide bonds. The number of hydrogen-bond acceptors (Lipinski definition) is 3. The minimum absolute atomic E-state index is 0.0963. The van der Waals surface area contributed by atoms with E-state index in [0.717, 1.165) is 6.42 Å².